The third kappa shape index (κ3) is 3.32. The fourth-order valence-electron chi connectivity index (χ4n) is 2.41. The normalized spacial score (nSPS) is 20.3. The third-order valence-corrected chi connectivity index (χ3v) is 5.84. The van der Waals surface area contributed by atoms with Gasteiger partial charge in [0, 0.05) is 19.3 Å². The number of carbonyl (C=O) groups is 2. The van der Waals surface area contributed by atoms with Crippen molar-refractivity contribution in [2.24, 2.45) is 0 Å². The Balaban J connectivity index is 1.66. The van der Waals surface area contributed by atoms with Crippen molar-refractivity contribution in [1.82, 2.24) is 19.0 Å². The first kappa shape index (κ1) is 16.2. The number of likely N-dealkylation sites (N-methyl/N-ethyl adjacent to an activating group) is 1. The van der Waals surface area contributed by atoms with Crippen molar-refractivity contribution in [3.63, 3.8) is 0 Å². The molecule has 0 saturated carbocycles. The molecular weight excluding hydrogens is 332 g/mol. The summed E-state index contributed by atoms with van der Waals surface area (Å²) < 4.78 is 7.91. The van der Waals surface area contributed by atoms with Gasteiger partial charge in [0.1, 0.15) is 17.1 Å². The number of aromatic nitrogens is 2. The van der Waals surface area contributed by atoms with Crippen molar-refractivity contribution in [2.45, 2.75) is 31.2 Å². The van der Waals surface area contributed by atoms with Crippen molar-refractivity contribution in [3.8, 4) is 0 Å². The van der Waals surface area contributed by atoms with Gasteiger partial charge in [0.2, 0.25) is 11.8 Å². The van der Waals surface area contributed by atoms with E-state index in [1.165, 1.54) is 23.5 Å². The minimum Gasteiger partial charge on any atom is -0.342 e. The average molecular weight is 350 g/mol. The lowest BCUT2D eigenvalue weighted by atomic mass is 10.1. The molecule has 23 heavy (non-hydrogen) atoms. The second-order valence-corrected chi connectivity index (χ2v) is 8.30. The van der Waals surface area contributed by atoms with Crippen LogP contribution in [0.4, 0.5) is 0 Å². The van der Waals surface area contributed by atoms with Crippen LogP contribution in [0.1, 0.15) is 19.4 Å². The van der Waals surface area contributed by atoms with Gasteiger partial charge >= 0.3 is 0 Å². The average Bonchev–Trinajstić information content (AvgIpc) is 2.97. The van der Waals surface area contributed by atoms with Crippen molar-refractivity contribution in [2.75, 3.05) is 12.8 Å². The number of hydrogen-bond acceptors (Lipinski definition) is 6. The predicted octanol–water partition coefficient (Wildman–Crippen LogP) is 1.66. The Morgan fingerprint density at radius 3 is 2.87 bits per heavy atom. The lowest BCUT2D eigenvalue weighted by Gasteiger charge is -2.34. The molecule has 0 radical (unpaired) electrons. The maximum Gasteiger partial charge on any atom is 0.246 e. The van der Waals surface area contributed by atoms with Gasteiger partial charge in [-0.05, 0) is 31.5 Å². The number of rotatable bonds is 3. The topological polar surface area (TPSA) is 75.2 Å². The zero-order valence-corrected chi connectivity index (χ0v) is 14.8. The molecule has 1 N–H and O–H groups in total. The second-order valence-electron chi connectivity index (χ2n) is 6.13. The maximum absolute atomic E-state index is 12.5. The van der Waals surface area contributed by atoms with Crippen LogP contribution in [0.3, 0.4) is 0 Å². The number of hydrogen-bond donors (Lipinski definition) is 1. The Labute approximate surface area is 143 Å². The first-order valence-corrected chi connectivity index (χ1v) is 8.99. The Morgan fingerprint density at radius 2 is 2.13 bits per heavy atom. The van der Waals surface area contributed by atoms with Gasteiger partial charge < -0.3 is 10.2 Å². The monoisotopic (exact) mass is 350 g/mol. The molecule has 8 heteroatoms. The van der Waals surface area contributed by atoms with Crippen LogP contribution in [0.15, 0.2) is 18.2 Å². The summed E-state index contributed by atoms with van der Waals surface area (Å²) in [5.41, 5.74) is 2.71. The number of carbonyl (C=O) groups excluding carboxylic acids is 2. The highest BCUT2D eigenvalue weighted by Crippen LogP contribution is 2.29. The minimum absolute atomic E-state index is 0.0714. The van der Waals surface area contributed by atoms with E-state index in [-0.39, 0.29) is 11.8 Å². The lowest BCUT2D eigenvalue weighted by Crippen LogP contribution is -2.57. The number of nitrogens with zero attached hydrogens (tertiary/aromatic N) is 3. The molecule has 1 aliphatic rings. The largest absolute Gasteiger partial charge is 0.342 e. The summed E-state index contributed by atoms with van der Waals surface area (Å²) in [4.78, 5) is 26.2. The molecule has 1 aliphatic heterocycles. The molecule has 1 atom stereocenters. The first-order chi connectivity index (χ1) is 10.9. The Bertz CT molecular complexity index is 759. The van der Waals surface area contributed by atoms with Crippen LogP contribution in [-0.2, 0) is 16.1 Å². The van der Waals surface area contributed by atoms with Crippen LogP contribution < -0.4 is 5.32 Å². The zero-order valence-electron chi connectivity index (χ0n) is 13.2. The molecule has 2 amide bonds. The van der Waals surface area contributed by atoms with Crippen molar-refractivity contribution < 1.29 is 9.59 Å². The van der Waals surface area contributed by atoms with E-state index in [4.69, 9.17) is 0 Å². The van der Waals surface area contributed by atoms with Gasteiger partial charge in [-0.3, -0.25) is 9.59 Å². The maximum atomic E-state index is 12.5. The lowest BCUT2D eigenvalue weighted by molar-refractivity contribution is -0.136. The zero-order chi connectivity index (χ0) is 16.6. The van der Waals surface area contributed by atoms with E-state index in [0.717, 1.165) is 16.6 Å². The summed E-state index contributed by atoms with van der Waals surface area (Å²) in [6.07, 6.45) is 0. The van der Waals surface area contributed by atoms with E-state index >= 15 is 0 Å². The molecule has 1 fully saturated rings. The Hall–Kier alpha value is -1.67. The molecule has 6 nitrogen and oxygen atoms in total. The van der Waals surface area contributed by atoms with Crippen LogP contribution in [0.5, 0.6) is 0 Å². The van der Waals surface area contributed by atoms with Crippen LogP contribution in [0.25, 0.3) is 11.0 Å². The predicted molar refractivity (Wildman–Crippen MR) is 92.4 cm³/mol. The SMILES string of the molecule is CN(Cc1ccc2nsnc2c1)C(=O)[C@H]1CSC(C)(C)C(=O)N1. The van der Waals surface area contributed by atoms with E-state index in [9.17, 15) is 9.59 Å². The second kappa shape index (κ2) is 6.09. The number of amides is 2. The quantitative estimate of drug-likeness (QED) is 0.911. The molecule has 1 aromatic carbocycles. The van der Waals surface area contributed by atoms with Crippen LogP contribution in [-0.4, -0.2) is 49.1 Å². The molecule has 0 unspecified atom stereocenters. The van der Waals surface area contributed by atoms with Gasteiger partial charge in [-0.1, -0.05) is 6.07 Å². The molecule has 1 aromatic heterocycles. The molecule has 0 bridgehead atoms. The standard InChI is InChI=1S/C15H18N4O2S2/c1-15(2)14(21)16-12(8-22-15)13(20)19(3)7-9-4-5-10-11(6-9)18-23-17-10/h4-6,12H,7-8H2,1-3H3,(H,16,21)/t12-/m1/s1. The molecule has 3 rings (SSSR count). The summed E-state index contributed by atoms with van der Waals surface area (Å²) in [6, 6.07) is 5.34. The molecule has 2 heterocycles. The Morgan fingerprint density at radius 1 is 1.39 bits per heavy atom. The van der Waals surface area contributed by atoms with Crippen LogP contribution in [0, 0.1) is 0 Å². The summed E-state index contributed by atoms with van der Waals surface area (Å²) in [5.74, 6) is 0.435. The fraction of sp³-hybridized carbons (Fsp3) is 0.467. The van der Waals surface area contributed by atoms with Gasteiger partial charge in [-0.25, -0.2) is 0 Å². The molecule has 0 spiro atoms. The van der Waals surface area contributed by atoms with E-state index in [1.54, 1.807) is 11.9 Å². The van der Waals surface area contributed by atoms with Gasteiger partial charge in [-0.15, -0.1) is 11.8 Å². The van der Waals surface area contributed by atoms with Crippen molar-refractivity contribution >= 4 is 46.3 Å². The van der Waals surface area contributed by atoms with Crippen molar-refractivity contribution in [1.29, 1.82) is 0 Å². The van der Waals surface area contributed by atoms with E-state index in [2.05, 4.69) is 14.1 Å². The van der Waals surface area contributed by atoms with E-state index in [1.807, 2.05) is 32.0 Å². The summed E-state index contributed by atoms with van der Waals surface area (Å²) in [5, 5.41) is 2.83. The number of nitrogens with one attached hydrogen (secondary N) is 1. The number of fused-ring (bicyclic) bond motifs is 1. The fourth-order valence-corrected chi connectivity index (χ4v) is 3.92. The smallest absolute Gasteiger partial charge is 0.246 e. The van der Waals surface area contributed by atoms with Gasteiger partial charge in [0.25, 0.3) is 0 Å². The van der Waals surface area contributed by atoms with E-state index in [0.29, 0.717) is 12.3 Å². The minimum atomic E-state index is -0.474. The third-order valence-electron chi connectivity index (χ3n) is 3.88. The van der Waals surface area contributed by atoms with Gasteiger partial charge in [0.05, 0.1) is 16.5 Å². The number of thioether (sulfide) groups is 1. The molecule has 122 valence electrons. The van der Waals surface area contributed by atoms with Gasteiger partial charge in [-0.2, -0.15) is 8.75 Å². The first-order valence-electron chi connectivity index (χ1n) is 7.28. The Kier molecular flexibility index (Phi) is 4.29. The van der Waals surface area contributed by atoms with Gasteiger partial charge in [0.15, 0.2) is 0 Å². The molecule has 0 aliphatic carbocycles. The van der Waals surface area contributed by atoms with Crippen LogP contribution >= 0.6 is 23.5 Å². The van der Waals surface area contributed by atoms with Crippen LogP contribution in [0.2, 0.25) is 0 Å². The van der Waals surface area contributed by atoms with E-state index < -0.39 is 10.8 Å². The highest BCUT2D eigenvalue weighted by atomic mass is 32.2. The number of benzene rings is 1. The summed E-state index contributed by atoms with van der Waals surface area (Å²) in [6.45, 7) is 4.22. The highest BCUT2D eigenvalue weighted by molar-refractivity contribution is 8.01. The van der Waals surface area contributed by atoms with Crippen molar-refractivity contribution in [3.05, 3.63) is 23.8 Å². The molecular formula is C15H18N4O2S2. The highest BCUT2D eigenvalue weighted by Gasteiger charge is 2.38. The molecule has 1 saturated heterocycles. The molecule has 2 aromatic rings. The summed E-state index contributed by atoms with van der Waals surface area (Å²) >= 11 is 2.69. The summed E-state index contributed by atoms with van der Waals surface area (Å²) in [7, 11) is 1.75.